The molecule has 0 bridgehead atoms. The molecule has 0 radical (unpaired) electrons. The van der Waals surface area contributed by atoms with Crippen LogP contribution >= 0.6 is 0 Å². The molecule has 1 saturated heterocycles. The van der Waals surface area contributed by atoms with Crippen LogP contribution in [-0.4, -0.2) is 34.8 Å². The van der Waals surface area contributed by atoms with Crippen molar-refractivity contribution in [3.05, 3.63) is 36.0 Å². The van der Waals surface area contributed by atoms with Crippen molar-refractivity contribution in [3.63, 3.8) is 0 Å². The standard InChI is InChI=1S/C14H15N3O2/c15-13(18)11-4-6-17(8-11)14(19)10-1-2-12-9(7-10)3-5-16-12/h1-3,5,7,11,16H,4,6,8H2,(H2,15,18). The van der Waals surface area contributed by atoms with E-state index in [4.69, 9.17) is 5.73 Å². The molecule has 1 fully saturated rings. The first kappa shape index (κ1) is 11.8. The van der Waals surface area contributed by atoms with Gasteiger partial charge in [0.15, 0.2) is 0 Å². The number of likely N-dealkylation sites (tertiary alicyclic amines) is 1. The summed E-state index contributed by atoms with van der Waals surface area (Å²) in [6.07, 6.45) is 2.51. The van der Waals surface area contributed by atoms with E-state index in [0.29, 0.717) is 25.1 Å². The van der Waals surface area contributed by atoms with Crippen LogP contribution in [-0.2, 0) is 4.79 Å². The Bertz CT molecular complexity index is 647. The molecule has 1 aliphatic heterocycles. The Kier molecular flexibility index (Phi) is 2.74. The third-order valence-corrected chi connectivity index (χ3v) is 3.68. The number of nitrogens with one attached hydrogen (secondary N) is 1. The van der Waals surface area contributed by atoms with Crippen LogP contribution in [0.4, 0.5) is 0 Å². The summed E-state index contributed by atoms with van der Waals surface area (Å²) in [4.78, 5) is 28.3. The Hall–Kier alpha value is -2.30. The second-order valence-electron chi connectivity index (χ2n) is 4.92. The summed E-state index contributed by atoms with van der Waals surface area (Å²) in [7, 11) is 0. The summed E-state index contributed by atoms with van der Waals surface area (Å²) in [5.74, 6) is -0.567. The molecular weight excluding hydrogens is 242 g/mol. The van der Waals surface area contributed by atoms with Crippen molar-refractivity contribution in [1.82, 2.24) is 9.88 Å². The lowest BCUT2D eigenvalue weighted by molar-refractivity contribution is -0.121. The number of nitrogens with two attached hydrogens (primary N) is 1. The predicted molar refractivity (Wildman–Crippen MR) is 71.5 cm³/mol. The molecule has 19 heavy (non-hydrogen) atoms. The molecule has 0 aliphatic carbocycles. The number of rotatable bonds is 2. The van der Waals surface area contributed by atoms with Crippen molar-refractivity contribution in [2.45, 2.75) is 6.42 Å². The summed E-state index contributed by atoms with van der Waals surface area (Å²) in [5, 5.41) is 1.01. The normalized spacial score (nSPS) is 18.9. The van der Waals surface area contributed by atoms with Crippen molar-refractivity contribution in [2.24, 2.45) is 11.7 Å². The van der Waals surface area contributed by atoms with Crippen molar-refractivity contribution in [3.8, 4) is 0 Å². The van der Waals surface area contributed by atoms with Gasteiger partial charge >= 0.3 is 0 Å². The van der Waals surface area contributed by atoms with E-state index < -0.39 is 0 Å². The van der Waals surface area contributed by atoms with E-state index in [0.717, 1.165) is 10.9 Å². The summed E-state index contributed by atoms with van der Waals surface area (Å²) in [6.45, 7) is 1.02. The van der Waals surface area contributed by atoms with Gasteiger partial charge in [0.25, 0.3) is 5.91 Å². The number of aromatic nitrogens is 1. The van der Waals surface area contributed by atoms with Crippen LogP contribution in [0, 0.1) is 5.92 Å². The monoisotopic (exact) mass is 257 g/mol. The first-order valence-corrected chi connectivity index (χ1v) is 6.31. The highest BCUT2D eigenvalue weighted by Gasteiger charge is 2.30. The summed E-state index contributed by atoms with van der Waals surface area (Å²) >= 11 is 0. The molecule has 98 valence electrons. The summed E-state index contributed by atoms with van der Waals surface area (Å²) in [6, 6.07) is 7.50. The molecule has 1 atom stereocenters. The molecule has 1 aromatic carbocycles. The van der Waals surface area contributed by atoms with Crippen molar-refractivity contribution >= 4 is 22.7 Å². The minimum absolute atomic E-state index is 0.0353. The zero-order valence-corrected chi connectivity index (χ0v) is 10.4. The lowest BCUT2D eigenvalue weighted by Gasteiger charge is -2.16. The molecule has 0 spiro atoms. The maximum atomic E-state index is 12.3. The smallest absolute Gasteiger partial charge is 0.253 e. The molecule has 2 aromatic rings. The molecule has 3 N–H and O–H groups in total. The van der Waals surface area contributed by atoms with Gasteiger partial charge in [-0.05, 0) is 30.7 Å². The highest BCUT2D eigenvalue weighted by Crippen LogP contribution is 2.20. The number of nitrogens with zero attached hydrogens (tertiary/aromatic N) is 1. The lowest BCUT2D eigenvalue weighted by atomic mass is 10.1. The van der Waals surface area contributed by atoms with E-state index in [2.05, 4.69) is 4.98 Å². The Labute approximate surface area is 110 Å². The molecule has 1 unspecified atom stereocenters. The highest BCUT2D eigenvalue weighted by atomic mass is 16.2. The number of hydrogen-bond acceptors (Lipinski definition) is 2. The van der Waals surface area contributed by atoms with Gasteiger partial charge in [0.1, 0.15) is 0 Å². The SMILES string of the molecule is NC(=O)C1CCN(C(=O)c2ccc3[nH]ccc3c2)C1. The third kappa shape index (κ3) is 2.07. The van der Waals surface area contributed by atoms with Gasteiger partial charge in [-0.15, -0.1) is 0 Å². The number of fused-ring (bicyclic) bond motifs is 1. The predicted octanol–water partition coefficient (Wildman–Crippen LogP) is 1.12. The molecule has 2 heterocycles. The number of aromatic amines is 1. The number of primary amides is 1. The fourth-order valence-corrected chi connectivity index (χ4v) is 2.55. The molecule has 3 rings (SSSR count). The van der Waals surface area contributed by atoms with Gasteiger partial charge in [0, 0.05) is 35.8 Å². The van der Waals surface area contributed by atoms with E-state index >= 15 is 0 Å². The number of benzene rings is 1. The minimum atomic E-state index is -0.323. The van der Waals surface area contributed by atoms with Crippen LogP contribution in [0.2, 0.25) is 0 Å². The Morgan fingerprint density at radius 1 is 1.32 bits per heavy atom. The molecule has 1 aromatic heterocycles. The first-order valence-electron chi connectivity index (χ1n) is 6.31. The van der Waals surface area contributed by atoms with Gasteiger partial charge < -0.3 is 15.6 Å². The first-order chi connectivity index (χ1) is 9.15. The van der Waals surface area contributed by atoms with E-state index in [1.165, 1.54) is 0 Å². The maximum absolute atomic E-state index is 12.3. The number of amides is 2. The molecule has 1 aliphatic rings. The maximum Gasteiger partial charge on any atom is 0.253 e. The Morgan fingerprint density at radius 2 is 2.16 bits per heavy atom. The number of hydrogen-bond donors (Lipinski definition) is 2. The fraction of sp³-hybridized carbons (Fsp3) is 0.286. The van der Waals surface area contributed by atoms with Gasteiger partial charge in [-0.1, -0.05) is 0 Å². The quantitative estimate of drug-likeness (QED) is 0.845. The van der Waals surface area contributed by atoms with E-state index in [9.17, 15) is 9.59 Å². The second kappa shape index (κ2) is 4.42. The van der Waals surface area contributed by atoms with Crippen LogP contribution in [0.5, 0.6) is 0 Å². The van der Waals surface area contributed by atoms with Gasteiger partial charge in [0.05, 0.1) is 5.92 Å². The van der Waals surface area contributed by atoms with Crippen LogP contribution < -0.4 is 5.73 Å². The summed E-state index contributed by atoms with van der Waals surface area (Å²) < 4.78 is 0. The van der Waals surface area contributed by atoms with Gasteiger partial charge in [-0.25, -0.2) is 0 Å². The van der Waals surface area contributed by atoms with E-state index in [1.54, 1.807) is 11.0 Å². The number of H-pyrrole nitrogens is 1. The van der Waals surface area contributed by atoms with E-state index in [-0.39, 0.29) is 17.7 Å². The van der Waals surface area contributed by atoms with Crippen molar-refractivity contribution in [1.29, 1.82) is 0 Å². The van der Waals surface area contributed by atoms with Crippen LogP contribution in [0.3, 0.4) is 0 Å². The lowest BCUT2D eigenvalue weighted by Crippen LogP contribution is -2.31. The zero-order chi connectivity index (χ0) is 13.4. The van der Waals surface area contributed by atoms with Gasteiger partial charge in [-0.2, -0.15) is 0 Å². The van der Waals surface area contributed by atoms with Gasteiger partial charge in [-0.3, -0.25) is 9.59 Å². The van der Waals surface area contributed by atoms with Crippen LogP contribution in [0.25, 0.3) is 10.9 Å². The second-order valence-corrected chi connectivity index (χ2v) is 4.92. The van der Waals surface area contributed by atoms with Crippen molar-refractivity contribution in [2.75, 3.05) is 13.1 Å². The molecular formula is C14H15N3O2. The van der Waals surface area contributed by atoms with Gasteiger partial charge in [0.2, 0.25) is 5.91 Å². The molecule has 5 heteroatoms. The van der Waals surface area contributed by atoms with Crippen molar-refractivity contribution < 1.29 is 9.59 Å². The van der Waals surface area contributed by atoms with Crippen LogP contribution in [0.15, 0.2) is 30.5 Å². The minimum Gasteiger partial charge on any atom is -0.369 e. The molecule has 0 saturated carbocycles. The topological polar surface area (TPSA) is 79.2 Å². The summed E-state index contributed by atoms with van der Waals surface area (Å²) in [5.41, 5.74) is 6.94. The average Bonchev–Trinajstić information content (AvgIpc) is 3.06. The Balaban J connectivity index is 1.82. The third-order valence-electron chi connectivity index (χ3n) is 3.68. The largest absolute Gasteiger partial charge is 0.369 e. The number of carbonyl (C=O) groups excluding carboxylic acids is 2. The Morgan fingerprint density at radius 3 is 2.89 bits per heavy atom. The zero-order valence-electron chi connectivity index (χ0n) is 10.4. The van der Waals surface area contributed by atoms with Crippen LogP contribution in [0.1, 0.15) is 16.8 Å². The molecule has 2 amide bonds. The fourth-order valence-electron chi connectivity index (χ4n) is 2.55. The average molecular weight is 257 g/mol. The highest BCUT2D eigenvalue weighted by molar-refractivity contribution is 5.98. The molecule has 5 nitrogen and oxygen atoms in total. The number of carbonyl (C=O) groups is 2. The van der Waals surface area contributed by atoms with E-state index in [1.807, 2.05) is 24.4 Å².